The molecule has 0 bridgehead atoms. The van der Waals surface area contributed by atoms with Crippen LogP contribution in [0, 0.1) is 16.7 Å². The van der Waals surface area contributed by atoms with Crippen molar-refractivity contribution >= 4 is 16.6 Å². The number of rotatable bonds is 2. The SMILES string of the molecule is CC1CCC(C)(C(=O)c2cccc3ccccc23)C1(C)C. The molecule has 0 aromatic heterocycles. The summed E-state index contributed by atoms with van der Waals surface area (Å²) in [6.45, 7) is 8.96. The molecule has 0 amide bonds. The van der Waals surface area contributed by atoms with Crippen LogP contribution >= 0.6 is 0 Å². The quantitative estimate of drug-likeness (QED) is 0.665. The molecule has 2 aromatic rings. The minimum atomic E-state index is -0.267. The Hall–Kier alpha value is -1.63. The van der Waals surface area contributed by atoms with Crippen LogP contribution in [0.4, 0.5) is 0 Å². The van der Waals surface area contributed by atoms with Crippen LogP contribution in [0.1, 0.15) is 50.9 Å². The normalized spacial score (nSPS) is 27.9. The lowest BCUT2D eigenvalue weighted by Gasteiger charge is -2.40. The van der Waals surface area contributed by atoms with E-state index in [2.05, 4.69) is 45.9 Å². The van der Waals surface area contributed by atoms with Crippen molar-refractivity contribution in [3.63, 3.8) is 0 Å². The Kier molecular flexibility index (Phi) is 3.20. The molecule has 0 radical (unpaired) electrons. The summed E-state index contributed by atoms with van der Waals surface area (Å²) in [5, 5.41) is 2.23. The third kappa shape index (κ3) is 1.94. The van der Waals surface area contributed by atoms with Crippen molar-refractivity contribution in [2.24, 2.45) is 16.7 Å². The van der Waals surface area contributed by atoms with Gasteiger partial charge in [0.2, 0.25) is 0 Å². The summed E-state index contributed by atoms with van der Waals surface area (Å²) >= 11 is 0. The zero-order chi connectivity index (χ0) is 15.3. The van der Waals surface area contributed by atoms with Gasteiger partial charge in [0, 0.05) is 11.0 Å². The average molecular weight is 280 g/mol. The summed E-state index contributed by atoms with van der Waals surface area (Å²) in [6, 6.07) is 14.3. The van der Waals surface area contributed by atoms with Crippen molar-refractivity contribution in [2.75, 3.05) is 0 Å². The third-order valence-corrected chi connectivity index (χ3v) is 6.27. The van der Waals surface area contributed by atoms with Crippen molar-refractivity contribution in [3.05, 3.63) is 48.0 Å². The molecule has 2 unspecified atom stereocenters. The van der Waals surface area contributed by atoms with Gasteiger partial charge in [-0.15, -0.1) is 0 Å². The number of ketones is 1. The summed E-state index contributed by atoms with van der Waals surface area (Å²) in [4.78, 5) is 13.3. The maximum atomic E-state index is 13.3. The number of fused-ring (bicyclic) bond motifs is 1. The van der Waals surface area contributed by atoms with E-state index < -0.39 is 0 Å². The zero-order valence-electron chi connectivity index (χ0n) is 13.4. The number of hydrogen-bond acceptors (Lipinski definition) is 1. The van der Waals surface area contributed by atoms with E-state index in [-0.39, 0.29) is 10.8 Å². The van der Waals surface area contributed by atoms with Gasteiger partial charge in [0.1, 0.15) is 0 Å². The van der Waals surface area contributed by atoms with Crippen LogP contribution in [0.2, 0.25) is 0 Å². The van der Waals surface area contributed by atoms with Crippen molar-refractivity contribution < 1.29 is 4.79 Å². The Morgan fingerprint density at radius 2 is 1.71 bits per heavy atom. The van der Waals surface area contributed by atoms with Crippen LogP contribution < -0.4 is 0 Å². The zero-order valence-corrected chi connectivity index (χ0v) is 13.4. The topological polar surface area (TPSA) is 17.1 Å². The molecule has 1 fully saturated rings. The number of Topliss-reactive ketones (excluding diaryl/α,β-unsaturated/α-hetero) is 1. The van der Waals surface area contributed by atoms with Crippen LogP contribution in [0.3, 0.4) is 0 Å². The van der Waals surface area contributed by atoms with Gasteiger partial charge in [-0.3, -0.25) is 4.79 Å². The van der Waals surface area contributed by atoms with Crippen molar-refractivity contribution in [2.45, 2.75) is 40.5 Å². The standard InChI is InChI=1S/C20H24O/c1-14-12-13-20(4,19(14,2)3)18(21)17-11-7-9-15-8-5-6-10-16(15)17/h5-11,14H,12-13H2,1-4H3. The lowest BCUT2D eigenvalue weighted by atomic mass is 9.62. The Balaban J connectivity index is 2.14. The summed E-state index contributed by atoms with van der Waals surface area (Å²) in [5.41, 5.74) is 0.662. The molecule has 1 saturated carbocycles. The van der Waals surface area contributed by atoms with Crippen LogP contribution in [0.25, 0.3) is 10.8 Å². The molecule has 0 aliphatic heterocycles. The van der Waals surface area contributed by atoms with Crippen LogP contribution in [-0.4, -0.2) is 5.78 Å². The van der Waals surface area contributed by atoms with E-state index in [9.17, 15) is 4.79 Å². The van der Waals surface area contributed by atoms with Crippen molar-refractivity contribution in [1.29, 1.82) is 0 Å². The lowest BCUT2D eigenvalue weighted by molar-refractivity contribution is 0.0548. The number of benzene rings is 2. The molecule has 1 heteroatoms. The summed E-state index contributed by atoms with van der Waals surface area (Å²) < 4.78 is 0. The maximum absolute atomic E-state index is 13.3. The van der Waals surface area contributed by atoms with E-state index in [1.807, 2.05) is 24.3 Å². The van der Waals surface area contributed by atoms with E-state index in [0.29, 0.717) is 11.7 Å². The molecule has 0 N–H and O–H groups in total. The third-order valence-electron chi connectivity index (χ3n) is 6.27. The molecule has 110 valence electrons. The second kappa shape index (κ2) is 4.69. The lowest BCUT2D eigenvalue weighted by Crippen LogP contribution is -2.40. The molecule has 3 rings (SSSR count). The second-order valence-corrected chi connectivity index (χ2v) is 7.35. The van der Waals surface area contributed by atoms with Crippen LogP contribution in [0.15, 0.2) is 42.5 Å². The minimum Gasteiger partial charge on any atom is -0.294 e. The van der Waals surface area contributed by atoms with Crippen molar-refractivity contribution in [3.8, 4) is 0 Å². The largest absolute Gasteiger partial charge is 0.294 e. The van der Waals surface area contributed by atoms with Crippen LogP contribution in [-0.2, 0) is 0 Å². The maximum Gasteiger partial charge on any atom is 0.169 e. The number of hydrogen-bond donors (Lipinski definition) is 0. The molecule has 1 aliphatic rings. The predicted molar refractivity (Wildman–Crippen MR) is 88.6 cm³/mol. The predicted octanol–water partition coefficient (Wildman–Crippen LogP) is 5.48. The van der Waals surface area contributed by atoms with Crippen molar-refractivity contribution in [1.82, 2.24) is 0 Å². The molecule has 2 atom stereocenters. The van der Waals surface area contributed by atoms with Gasteiger partial charge in [0.15, 0.2) is 5.78 Å². The van der Waals surface area contributed by atoms with Gasteiger partial charge in [-0.1, -0.05) is 70.2 Å². The van der Waals surface area contributed by atoms with E-state index in [4.69, 9.17) is 0 Å². The molecule has 0 heterocycles. The molecular weight excluding hydrogens is 256 g/mol. The highest BCUT2D eigenvalue weighted by atomic mass is 16.1. The smallest absolute Gasteiger partial charge is 0.169 e. The molecule has 2 aromatic carbocycles. The summed E-state index contributed by atoms with van der Waals surface area (Å²) in [6.07, 6.45) is 2.13. The Morgan fingerprint density at radius 3 is 2.38 bits per heavy atom. The number of carbonyl (C=O) groups excluding carboxylic acids is 1. The van der Waals surface area contributed by atoms with Gasteiger partial charge in [0.25, 0.3) is 0 Å². The van der Waals surface area contributed by atoms with E-state index in [0.717, 1.165) is 29.2 Å². The number of carbonyl (C=O) groups is 1. The molecular formula is C20H24O. The van der Waals surface area contributed by atoms with Gasteiger partial charge in [-0.05, 0) is 34.9 Å². The molecule has 1 aliphatic carbocycles. The highest BCUT2D eigenvalue weighted by Gasteiger charge is 2.54. The molecule has 0 spiro atoms. The Bertz CT molecular complexity index is 693. The monoisotopic (exact) mass is 280 g/mol. The fraction of sp³-hybridized carbons (Fsp3) is 0.450. The van der Waals surface area contributed by atoms with Gasteiger partial charge >= 0.3 is 0 Å². The van der Waals surface area contributed by atoms with E-state index in [1.54, 1.807) is 0 Å². The molecule has 0 saturated heterocycles. The first-order valence-corrected chi connectivity index (χ1v) is 7.90. The Morgan fingerprint density at radius 1 is 1.05 bits per heavy atom. The molecule has 1 nitrogen and oxygen atoms in total. The summed E-state index contributed by atoms with van der Waals surface area (Å²) in [7, 11) is 0. The minimum absolute atomic E-state index is 0.0427. The van der Waals surface area contributed by atoms with Gasteiger partial charge in [0.05, 0.1) is 0 Å². The fourth-order valence-corrected chi connectivity index (χ4v) is 3.86. The molecule has 21 heavy (non-hydrogen) atoms. The highest BCUT2D eigenvalue weighted by molar-refractivity contribution is 6.11. The van der Waals surface area contributed by atoms with Crippen LogP contribution in [0.5, 0.6) is 0 Å². The van der Waals surface area contributed by atoms with Gasteiger partial charge in [-0.25, -0.2) is 0 Å². The second-order valence-electron chi connectivity index (χ2n) is 7.35. The van der Waals surface area contributed by atoms with E-state index >= 15 is 0 Å². The highest BCUT2D eigenvalue weighted by Crippen LogP contribution is 2.57. The summed E-state index contributed by atoms with van der Waals surface area (Å²) in [5.74, 6) is 0.898. The van der Waals surface area contributed by atoms with E-state index in [1.165, 1.54) is 0 Å². The first kappa shape index (κ1) is 14.3. The van der Waals surface area contributed by atoms with Gasteiger partial charge < -0.3 is 0 Å². The van der Waals surface area contributed by atoms with Gasteiger partial charge in [-0.2, -0.15) is 0 Å². The first-order valence-electron chi connectivity index (χ1n) is 7.90. The Labute approximate surface area is 127 Å². The average Bonchev–Trinajstić information content (AvgIpc) is 2.70. The fourth-order valence-electron chi connectivity index (χ4n) is 3.86. The first-order chi connectivity index (χ1) is 9.88.